The van der Waals surface area contributed by atoms with Crippen molar-refractivity contribution < 1.29 is 15.3 Å². The van der Waals surface area contributed by atoms with E-state index in [4.69, 9.17) is 26.9 Å². The lowest BCUT2D eigenvalue weighted by molar-refractivity contribution is 0.274. The highest BCUT2D eigenvalue weighted by Crippen LogP contribution is 2.30. The van der Waals surface area contributed by atoms with Crippen LogP contribution in [0.15, 0.2) is 12.1 Å². The molecule has 1 rings (SSSR count). The quantitative estimate of drug-likeness (QED) is 0.562. The summed E-state index contributed by atoms with van der Waals surface area (Å²) < 4.78 is 0. The number of rotatable bonds is 1. The Bertz CT molecular complexity index is 273. The normalized spacial score (nSPS) is 10.0. The van der Waals surface area contributed by atoms with Crippen molar-refractivity contribution in [1.82, 2.24) is 0 Å². The maximum atomic E-state index is 9.06. The number of hydrogen-bond donors (Lipinski definition) is 3. The lowest BCUT2D eigenvalue weighted by Gasteiger charge is -2.02. The van der Waals surface area contributed by atoms with Crippen LogP contribution in [0.5, 0.6) is 11.5 Å². The summed E-state index contributed by atoms with van der Waals surface area (Å²) in [6.07, 6.45) is 0. The fraction of sp³-hybridized carbons (Fsp3) is 0.143. The molecule has 0 heterocycles. The molecule has 0 fully saturated rings. The van der Waals surface area contributed by atoms with Crippen LogP contribution in [0.25, 0.3) is 0 Å². The number of aromatic hydroxyl groups is 2. The summed E-state index contributed by atoms with van der Waals surface area (Å²) in [5.41, 5.74) is 0.256. The van der Waals surface area contributed by atoms with Gasteiger partial charge in [-0.2, -0.15) is 0 Å². The molecular formula is C7H7ClO3. The second-order valence-electron chi connectivity index (χ2n) is 2.09. The van der Waals surface area contributed by atoms with Crippen molar-refractivity contribution in [1.29, 1.82) is 0 Å². The van der Waals surface area contributed by atoms with E-state index in [1.54, 1.807) is 0 Å². The zero-order valence-electron chi connectivity index (χ0n) is 5.58. The predicted molar refractivity (Wildman–Crippen MR) is 40.7 cm³/mol. The number of phenols is 2. The van der Waals surface area contributed by atoms with Gasteiger partial charge in [0.15, 0.2) is 0 Å². The van der Waals surface area contributed by atoms with E-state index in [0.29, 0.717) is 0 Å². The Morgan fingerprint density at radius 1 is 1.18 bits per heavy atom. The second-order valence-corrected chi connectivity index (χ2v) is 2.50. The van der Waals surface area contributed by atoms with Crippen LogP contribution >= 0.6 is 11.6 Å². The average Bonchev–Trinajstić information content (AvgIpc) is 1.97. The number of aliphatic hydroxyl groups is 1. The number of halogens is 1. The Hall–Kier alpha value is -0.930. The van der Waals surface area contributed by atoms with Crippen LogP contribution in [-0.4, -0.2) is 15.3 Å². The molecule has 0 aromatic heterocycles. The number of phenolic OH excluding ortho intramolecular Hbond substituents is 1. The Kier molecular flexibility index (Phi) is 2.22. The Morgan fingerprint density at radius 3 is 2.36 bits per heavy atom. The molecule has 0 saturated carbocycles. The molecule has 60 valence electrons. The van der Waals surface area contributed by atoms with Gasteiger partial charge in [0.25, 0.3) is 0 Å². The minimum Gasteiger partial charge on any atom is -0.508 e. The molecule has 0 saturated heterocycles. The summed E-state index contributed by atoms with van der Waals surface area (Å²) in [4.78, 5) is 0. The maximum Gasteiger partial charge on any atom is 0.134 e. The van der Waals surface area contributed by atoms with Crippen LogP contribution in [0.2, 0.25) is 5.02 Å². The summed E-state index contributed by atoms with van der Waals surface area (Å²) in [6, 6.07) is 2.40. The highest BCUT2D eigenvalue weighted by molar-refractivity contribution is 6.32. The molecule has 0 aliphatic heterocycles. The highest BCUT2D eigenvalue weighted by Gasteiger charge is 2.04. The van der Waals surface area contributed by atoms with Crippen molar-refractivity contribution in [3.8, 4) is 11.5 Å². The average molecular weight is 175 g/mol. The lowest BCUT2D eigenvalue weighted by atomic mass is 10.2. The van der Waals surface area contributed by atoms with E-state index in [1.807, 2.05) is 0 Å². The fourth-order valence-electron chi connectivity index (χ4n) is 0.721. The number of hydrogen-bond acceptors (Lipinski definition) is 3. The van der Waals surface area contributed by atoms with Gasteiger partial charge in [-0.05, 0) is 6.07 Å². The monoisotopic (exact) mass is 174 g/mol. The van der Waals surface area contributed by atoms with Gasteiger partial charge < -0.3 is 15.3 Å². The molecule has 0 radical (unpaired) electrons. The Labute approximate surface area is 68.5 Å². The topological polar surface area (TPSA) is 60.7 Å². The Balaban J connectivity index is 3.21. The molecule has 1 aromatic rings. The van der Waals surface area contributed by atoms with Crippen molar-refractivity contribution in [3.63, 3.8) is 0 Å². The maximum absolute atomic E-state index is 9.06. The van der Waals surface area contributed by atoms with E-state index >= 15 is 0 Å². The zero-order valence-corrected chi connectivity index (χ0v) is 6.34. The third-order valence-electron chi connectivity index (χ3n) is 1.32. The van der Waals surface area contributed by atoms with Crippen LogP contribution in [0, 0.1) is 0 Å². The molecular weight excluding hydrogens is 168 g/mol. The van der Waals surface area contributed by atoms with Crippen molar-refractivity contribution >= 4 is 11.6 Å². The van der Waals surface area contributed by atoms with Crippen molar-refractivity contribution in [2.45, 2.75) is 6.61 Å². The third-order valence-corrected chi connectivity index (χ3v) is 1.62. The van der Waals surface area contributed by atoms with Crippen molar-refractivity contribution in [2.75, 3.05) is 0 Å². The third kappa shape index (κ3) is 1.56. The van der Waals surface area contributed by atoms with Gasteiger partial charge in [0, 0.05) is 11.6 Å². The molecule has 0 atom stereocenters. The van der Waals surface area contributed by atoms with Crippen molar-refractivity contribution in [2.24, 2.45) is 0 Å². The number of benzene rings is 1. The summed E-state index contributed by atoms with van der Waals surface area (Å²) in [7, 11) is 0. The van der Waals surface area contributed by atoms with E-state index in [-0.39, 0.29) is 28.7 Å². The van der Waals surface area contributed by atoms with Gasteiger partial charge in [0.05, 0.1) is 11.6 Å². The van der Waals surface area contributed by atoms with Gasteiger partial charge in [0.1, 0.15) is 11.5 Å². The molecule has 0 spiro atoms. The molecule has 11 heavy (non-hydrogen) atoms. The first-order valence-corrected chi connectivity index (χ1v) is 3.34. The summed E-state index contributed by atoms with van der Waals surface area (Å²) in [5.74, 6) is -0.260. The van der Waals surface area contributed by atoms with Crippen LogP contribution in [0.4, 0.5) is 0 Å². The minimum atomic E-state index is -0.323. The second kappa shape index (κ2) is 2.98. The van der Waals surface area contributed by atoms with Gasteiger partial charge in [-0.3, -0.25) is 0 Å². The van der Waals surface area contributed by atoms with E-state index < -0.39 is 0 Å². The molecule has 0 amide bonds. The molecule has 3 nitrogen and oxygen atoms in total. The van der Waals surface area contributed by atoms with E-state index in [0.717, 1.165) is 0 Å². The van der Waals surface area contributed by atoms with Crippen LogP contribution in [0.1, 0.15) is 5.56 Å². The van der Waals surface area contributed by atoms with E-state index in [2.05, 4.69) is 0 Å². The first-order valence-electron chi connectivity index (χ1n) is 2.96. The van der Waals surface area contributed by atoms with Crippen LogP contribution < -0.4 is 0 Å². The summed E-state index contributed by atoms with van der Waals surface area (Å²) in [5, 5.41) is 26.8. The van der Waals surface area contributed by atoms with Gasteiger partial charge in [0.2, 0.25) is 0 Å². The SMILES string of the molecule is OCc1cc(O)c(Cl)cc1O. The molecule has 1 aromatic carbocycles. The van der Waals surface area contributed by atoms with Crippen LogP contribution in [-0.2, 0) is 6.61 Å². The predicted octanol–water partition coefficient (Wildman–Crippen LogP) is 1.24. The van der Waals surface area contributed by atoms with Gasteiger partial charge >= 0.3 is 0 Å². The Morgan fingerprint density at radius 2 is 1.82 bits per heavy atom. The fourth-order valence-corrected chi connectivity index (χ4v) is 0.879. The van der Waals surface area contributed by atoms with Crippen LogP contribution in [0.3, 0.4) is 0 Å². The van der Waals surface area contributed by atoms with Gasteiger partial charge in [-0.1, -0.05) is 11.6 Å². The smallest absolute Gasteiger partial charge is 0.134 e. The molecule has 3 N–H and O–H groups in total. The van der Waals surface area contributed by atoms with E-state index in [1.165, 1.54) is 12.1 Å². The molecule has 0 aliphatic carbocycles. The molecule has 0 unspecified atom stereocenters. The standard InChI is InChI=1S/C7H7ClO3/c8-5-2-6(10)4(3-9)1-7(5)11/h1-2,9-11H,3H2. The largest absolute Gasteiger partial charge is 0.508 e. The summed E-state index contributed by atoms with van der Waals surface area (Å²) in [6.45, 7) is -0.323. The number of aliphatic hydroxyl groups excluding tert-OH is 1. The first kappa shape index (κ1) is 8.17. The van der Waals surface area contributed by atoms with E-state index in [9.17, 15) is 0 Å². The first-order chi connectivity index (χ1) is 5.15. The summed E-state index contributed by atoms with van der Waals surface area (Å²) >= 11 is 5.45. The van der Waals surface area contributed by atoms with Gasteiger partial charge in [-0.25, -0.2) is 0 Å². The highest BCUT2D eigenvalue weighted by atomic mass is 35.5. The zero-order chi connectivity index (χ0) is 8.43. The minimum absolute atomic E-state index is 0.0692. The lowest BCUT2D eigenvalue weighted by Crippen LogP contribution is -1.83. The molecule has 0 aliphatic rings. The van der Waals surface area contributed by atoms with Crippen molar-refractivity contribution in [3.05, 3.63) is 22.7 Å². The molecule has 0 bridgehead atoms. The van der Waals surface area contributed by atoms with Gasteiger partial charge in [-0.15, -0.1) is 0 Å². The molecule has 4 heteroatoms.